The monoisotopic (exact) mass is 165 g/mol. The van der Waals surface area contributed by atoms with E-state index in [9.17, 15) is 0 Å². The van der Waals surface area contributed by atoms with Gasteiger partial charge in [-0.15, -0.1) is 11.8 Å². The molecule has 0 aromatic heterocycles. The van der Waals surface area contributed by atoms with Gasteiger partial charge in [0.15, 0.2) is 0 Å². The second-order valence-electron chi connectivity index (χ2n) is 1.89. The van der Waals surface area contributed by atoms with Gasteiger partial charge in [0.2, 0.25) is 0 Å². The highest BCUT2D eigenvalue weighted by molar-refractivity contribution is 7.98. The average Bonchev–Trinajstić information content (AvgIpc) is 2.07. The summed E-state index contributed by atoms with van der Waals surface area (Å²) in [5.74, 6) is 0. The van der Waals surface area contributed by atoms with E-state index in [0.717, 1.165) is 0 Å². The van der Waals surface area contributed by atoms with Gasteiger partial charge in [-0.05, 0) is 23.9 Å². The quantitative estimate of drug-likeness (QED) is 0.287. The lowest BCUT2D eigenvalue weighted by atomic mass is 10.3. The minimum absolute atomic E-state index is 0.658. The summed E-state index contributed by atoms with van der Waals surface area (Å²) in [6.07, 6.45) is 2.00. The largest absolute Gasteiger partial charge is 0.130 e. The van der Waals surface area contributed by atoms with Crippen molar-refractivity contribution in [3.8, 4) is 0 Å². The van der Waals surface area contributed by atoms with E-state index >= 15 is 0 Å². The normalized spacial score (nSPS) is 8.82. The zero-order valence-corrected chi connectivity index (χ0v) is 6.88. The van der Waals surface area contributed by atoms with E-state index in [1.807, 2.05) is 18.4 Å². The molecule has 0 bridgehead atoms. The third-order valence-corrected chi connectivity index (χ3v) is 1.98. The van der Waals surface area contributed by atoms with Crippen molar-refractivity contribution < 1.29 is 0 Å². The van der Waals surface area contributed by atoms with Crippen molar-refractivity contribution in [1.82, 2.24) is 0 Å². The number of rotatable bonds is 2. The van der Waals surface area contributed by atoms with Crippen molar-refractivity contribution in [1.29, 1.82) is 0 Å². The maximum Gasteiger partial charge on any atom is 0.0376 e. The SMILES string of the molecule is CSc1ccc(N=[N+]=[N-])cc1. The molecular weight excluding hydrogens is 158 g/mol. The summed E-state index contributed by atoms with van der Waals surface area (Å²) in [4.78, 5) is 3.85. The van der Waals surface area contributed by atoms with E-state index in [-0.39, 0.29) is 0 Å². The van der Waals surface area contributed by atoms with Gasteiger partial charge in [-0.1, -0.05) is 17.2 Å². The van der Waals surface area contributed by atoms with Crippen LogP contribution in [0.3, 0.4) is 0 Å². The Labute approximate surface area is 69.1 Å². The maximum absolute atomic E-state index is 8.10. The molecule has 0 saturated heterocycles. The Hall–Kier alpha value is -1.12. The zero-order valence-electron chi connectivity index (χ0n) is 6.06. The van der Waals surface area contributed by atoms with Gasteiger partial charge in [0.25, 0.3) is 0 Å². The smallest absolute Gasteiger partial charge is 0.0376 e. The first kappa shape index (κ1) is 7.98. The van der Waals surface area contributed by atoms with E-state index in [1.54, 1.807) is 23.9 Å². The lowest BCUT2D eigenvalue weighted by molar-refractivity contribution is 1.40. The minimum atomic E-state index is 0.658. The fraction of sp³-hybridized carbons (Fsp3) is 0.143. The molecule has 11 heavy (non-hydrogen) atoms. The number of nitrogens with zero attached hydrogens (tertiary/aromatic N) is 3. The van der Waals surface area contributed by atoms with Crippen LogP contribution in [0.2, 0.25) is 0 Å². The minimum Gasteiger partial charge on any atom is -0.130 e. The lowest BCUT2D eigenvalue weighted by Gasteiger charge is -1.94. The molecule has 56 valence electrons. The molecule has 0 spiro atoms. The molecule has 0 aliphatic rings. The van der Waals surface area contributed by atoms with Crippen LogP contribution < -0.4 is 0 Å². The van der Waals surface area contributed by atoms with Crippen molar-refractivity contribution in [3.05, 3.63) is 34.7 Å². The molecule has 0 N–H and O–H groups in total. The van der Waals surface area contributed by atoms with Crippen LogP contribution in [-0.4, -0.2) is 6.26 Å². The summed E-state index contributed by atoms with van der Waals surface area (Å²) in [5.41, 5.74) is 8.76. The molecule has 0 unspecified atom stereocenters. The molecule has 1 aromatic rings. The molecule has 4 heteroatoms. The predicted octanol–water partition coefficient (Wildman–Crippen LogP) is 3.35. The van der Waals surface area contributed by atoms with Gasteiger partial charge < -0.3 is 0 Å². The molecule has 3 nitrogen and oxygen atoms in total. The van der Waals surface area contributed by atoms with E-state index in [4.69, 9.17) is 5.53 Å². The molecule has 0 atom stereocenters. The topological polar surface area (TPSA) is 48.8 Å². The van der Waals surface area contributed by atoms with Gasteiger partial charge in [0, 0.05) is 15.5 Å². The van der Waals surface area contributed by atoms with Gasteiger partial charge in [-0.25, -0.2) is 0 Å². The Morgan fingerprint density at radius 2 is 2.00 bits per heavy atom. The van der Waals surface area contributed by atoms with Crippen LogP contribution in [0.5, 0.6) is 0 Å². The first-order chi connectivity index (χ1) is 5.36. The van der Waals surface area contributed by atoms with Crippen molar-refractivity contribution in [2.24, 2.45) is 5.11 Å². The molecule has 0 aliphatic heterocycles. The molecule has 1 aromatic carbocycles. The van der Waals surface area contributed by atoms with Crippen LogP contribution in [0.4, 0.5) is 5.69 Å². The summed E-state index contributed by atoms with van der Waals surface area (Å²) in [5, 5.41) is 3.45. The lowest BCUT2D eigenvalue weighted by Crippen LogP contribution is -1.66. The van der Waals surface area contributed by atoms with Crippen LogP contribution in [0.15, 0.2) is 34.3 Å². The number of azide groups is 1. The molecule has 0 aliphatic carbocycles. The van der Waals surface area contributed by atoms with Crippen LogP contribution in [0.1, 0.15) is 0 Å². The van der Waals surface area contributed by atoms with E-state index < -0.39 is 0 Å². The third kappa shape index (κ3) is 2.18. The average molecular weight is 165 g/mol. The summed E-state index contributed by atoms with van der Waals surface area (Å²) < 4.78 is 0. The molecular formula is C7H7N3S. The zero-order chi connectivity index (χ0) is 8.10. The highest BCUT2D eigenvalue weighted by Crippen LogP contribution is 2.19. The first-order valence-electron chi connectivity index (χ1n) is 3.06. The fourth-order valence-electron chi connectivity index (χ4n) is 0.701. The van der Waals surface area contributed by atoms with Gasteiger partial charge in [-0.2, -0.15) is 0 Å². The number of thioether (sulfide) groups is 1. The van der Waals surface area contributed by atoms with E-state index in [1.165, 1.54) is 4.90 Å². The van der Waals surface area contributed by atoms with Crippen molar-refractivity contribution in [2.75, 3.05) is 6.26 Å². The van der Waals surface area contributed by atoms with Crippen molar-refractivity contribution >= 4 is 17.4 Å². The highest BCUT2D eigenvalue weighted by atomic mass is 32.2. The van der Waals surface area contributed by atoms with Gasteiger partial charge in [0.05, 0.1) is 0 Å². The number of hydrogen-bond acceptors (Lipinski definition) is 2. The highest BCUT2D eigenvalue weighted by Gasteiger charge is 1.88. The standard InChI is InChI=1S/C7H7N3S/c1-11-7-4-2-6(3-5-7)9-10-8/h2-5H,1H3. The third-order valence-electron chi connectivity index (χ3n) is 1.23. The molecule has 0 heterocycles. The second-order valence-corrected chi connectivity index (χ2v) is 2.77. The fourth-order valence-corrected chi connectivity index (χ4v) is 1.11. The van der Waals surface area contributed by atoms with Crippen LogP contribution in [-0.2, 0) is 0 Å². The summed E-state index contributed by atoms with van der Waals surface area (Å²) >= 11 is 1.66. The molecule has 0 fully saturated rings. The van der Waals surface area contributed by atoms with Crippen molar-refractivity contribution in [3.63, 3.8) is 0 Å². The van der Waals surface area contributed by atoms with E-state index in [0.29, 0.717) is 5.69 Å². The van der Waals surface area contributed by atoms with Crippen LogP contribution in [0.25, 0.3) is 10.4 Å². The summed E-state index contributed by atoms with van der Waals surface area (Å²) in [6, 6.07) is 7.44. The Balaban J connectivity index is 2.91. The van der Waals surface area contributed by atoms with Crippen molar-refractivity contribution in [2.45, 2.75) is 4.90 Å². The summed E-state index contributed by atoms with van der Waals surface area (Å²) in [6.45, 7) is 0. The van der Waals surface area contributed by atoms with Gasteiger partial charge in [0.1, 0.15) is 0 Å². The van der Waals surface area contributed by atoms with Gasteiger partial charge >= 0.3 is 0 Å². The van der Waals surface area contributed by atoms with Crippen LogP contribution in [0, 0.1) is 0 Å². The Kier molecular flexibility index (Phi) is 2.83. The molecule has 0 saturated carbocycles. The maximum atomic E-state index is 8.10. The molecule has 0 amide bonds. The second kappa shape index (κ2) is 3.91. The van der Waals surface area contributed by atoms with Crippen LogP contribution >= 0.6 is 11.8 Å². The predicted molar refractivity (Wildman–Crippen MR) is 47.0 cm³/mol. The molecule has 0 radical (unpaired) electrons. The Morgan fingerprint density at radius 3 is 2.45 bits per heavy atom. The number of hydrogen-bond donors (Lipinski definition) is 0. The first-order valence-corrected chi connectivity index (χ1v) is 4.28. The number of benzene rings is 1. The Bertz CT molecular complexity index is 274. The molecule has 1 rings (SSSR count). The van der Waals surface area contributed by atoms with E-state index in [2.05, 4.69) is 10.0 Å². The Morgan fingerprint density at radius 1 is 1.36 bits per heavy atom. The van der Waals surface area contributed by atoms with Gasteiger partial charge in [-0.3, -0.25) is 0 Å². The summed E-state index contributed by atoms with van der Waals surface area (Å²) in [7, 11) is 0.